The minimum Gasteiger partial charge on any atom is -0.369 e. The Bertz CT molecular complexity index is 909. The van der Waals surface area contributed by atoms with Crippen molar-refractivity contribution < 1.29 is 0 Å². The molecule has 0 radical (unpaired) electrons. The van der Waals surface area contributed by atoms with Crippen LogP contribution in [0.3, 0.4) is 0 Å². The van der Waals surface area contributed by atoms with E-state index >= 15 is 0 Å². The fourth-order valence-corrected chi connectivity index (χ4v) is 2.10. The number of nitrogens with zero attached hydrogens (tertiary/aromatic N) is 6. The number of halogens is 1. The van der Waals surface area contributed by atoms with Crippen molar-refractivity contribution >= 4 is 39.5 Å². The average Bonchev–Trinajstić information content (AvgIpc) is 2.55. The maximum absolute atomic E-state index is 12.4. The molecule has 0 spiro atoms. The van der Waals surface area contributed by atoms with Crippen LogP contribution in [-0.4, -0.2) is 34.5 Å². The molecular formula is C15H17BrN6O2. The van der Waals surface area contributed by atoms with Crippen molar-refractivity contribution in [1.29, 1.82) is 0 Å². The lowest BCUT2D eigenvalue weighted by Crippen LogP contribution is -2.36. The van der Waals surface area contributed by atoms with Gasteiger partial charge in [-0.05, 0) is 24.3 Å². The summed E-state index contributed by atoms with van der Waals surface area (Å²) in [6.45, 7) is 0. The molecule has 0 amide bonds. The molecule has 0 saturated carbocycles. The fraction of sp³-hybridized carbons (Fsp3) is 0.267. The maximum atomic E-state index is 12.4. The molecule has 0 N–H and O–H groups in total. The molecule has 24 heavy (non-hydrogen) atoms. The van der Waals surface area contributed by atoms with E-state index in [1.807, 2.05) is 12.1 Å². The molecule has 0 bridgehead atoms. The Morgan fingerprint density at radius 2 is 1.67 bits per heavy atom. The quantitative estimate of drug-likeness (QED) is 0.455. The van der Waals surface area contributed by atoms with Crippen LogP contribution in [0.15, 0.2) is 53.5 Å². The van der Waals surface area contributed by atoms with E-state index in [-0.39, 0.29) is 11.5 Å². The van der Waals surface area contributed by atoms with Gasteiger partial charge in [0.15, 0.2) is 11.5 Å². The molecule has 1 aromatic heterocycles. The van der Waals surface area contributed by atoms with Gasteiger partial charge in [-0.15, -0.1) is 5.11 Å². The first-order chi connectivity index (χ1) is 11.3. The third kappa shape index (κ3) is 3.85. The van der Waals surface area contributed by atoms with Gasteiger partial charge >= 0.3 is 5.69 Å². The first-order valence-electron chi connectivity index (χ1n) is 6.99. The van der Waals surface area contributed by atoms with Crippen LogP contribution in [-0.2, 0) is 14.1 Å². The molecule has 2 rings (SSSR count). The van der Waals surface area contributed by atoms with Crippen molar-refractivity contribution in [2.75, 3.05) is 14.1 Å². The van der Waals surface area contributed by atoms with Crippen LogP contribution >= 0.6 is 15.9 Å². The van der Waals surface area contributed by atoms with Crippen molar-refractivity contribution in [3.05, 3.63) is 49.6 Å². The van der Waals surface area contributed by atoms with Crippen molar-refractivity contribution in [2.45, 2.75) is 0 Å². The Balaban J connectivity index is 2.60. The third-order valence-electron chi connectivity index (χ3n) is 3.11. The zero-order valence-electron chi connectivity index (χ0n) is 13.8. The van der Waals surface area contributed by atoms with Crippen LogP contribution < -0.4 is 11.2 Å². The number of rotatable bonds is 4. The molecule has 0 aliphatic carbocycles. The molecular weight excluding hydrogens is 376 g/mol. The minimum absolute atomic E-state index is 0.000573. The monoisotopic (exact) mass is 392 g/mol. The zero-order valence-corrected chi connectivity index (χ0v) is 15.4. The zero-order chi connectivity index (χ0) is 17.9. The van der Waals surface area contributed by atoms with Crippen LogP contribution in [0.5, 0.6) is 0 Å². The molecule has 0 fully saturated rings. The highest BCUT2D eigenvalue weighted by atomic mass is 79.9. The van der Waals surface area contributed by atoms with Crippen LogP contribution in [0.4, 0.5) is 17.2 Å². The molecule has 0 atom stereocenters. The molecule has 0 unspecified atom stereocenters. The summed E-state index contributed by atoms with van der Waals surface area (Å²) < 4.78 is 3.15. The van der Waals surface area contributed by atoms with Crippen molar-refractivity contribution in [3.8, 4) is 0 Å². The fourth-order valence-electron chi connectivity index (χ4n) is 1.84. The van der Waals surface area contributed by atoms with E-state index in [1.54, 1.807) is 31.1 Å². The van der Waals surface area contributed by atoms with Crippen molar-refractivity contribution in [3.63, 3.8) is 0 Å². The van der Waals surface area contributed by atoms with E-state index in [2.05, 4.69) is 31.2 Å². The van der Waals surface area contributed by atoms with Gasteiger partial charge in [-0.3, -0.25) is 13.9 Å². The van der Waals surface area contributed by atoms with Gasteiger partial charge in [0.25, 0.3) is 5.56 Å². The highest BCUT2D eigenvalue weighted by Crippen LogP contribution is 2.24. The van der Waals surface area contributed by atoms with Gasteiger partial charge in [0, 0.05) is 32.7 Å². The number of azo groups is 1. The van der Waals surface area contributed by atoms with Gasteiger partial charge in [-0.2, -0.15) is 5.11 Å². The van der Waals surface area contributed by atoms with Crippen LogP contribution in [0.1, 0.15) is 0 Å². The van der Waals surface area contributed by atoms with Crippen molar-refractivity contribution in [1.82, 2.24) is 14.0 Å². The van der Waals surface area contributed by atoms with E-state index in [0.29, 0.717) is 5.69 Å². The van der Waals surface area contributed by atoms with Gasteiger partial charge < -0.3 is 4.90 Å². The average molecular weight is 393 g/mol. The third-order valence-corrected chi connectivity index (χ3v) is 3.64. The van der Waals surface area contributed by atoms with E-state index in [4.69, 9.17) is 0 Å². The largest absolute Gasteiger partial charge is 0.369 e. The topological polar surface area (TPSA) is 84.3 Å². The van der Waals surface area contributed by atoms with E-state index in [0.717, 1.165) is 9.04 Å². The lowest BCUT2D eigenvalue weighted by molar-refractivity contribution is 0.639. The molecule has 9 heteroatoms. The summed E-state index contributed by atoms with van der Waals surface area (Å²) in [5, 5.41) is 8.10. The molecule has 126 valence electrons. The Morgan fingerprint density at radius 3 is 2.25 bits per heavy atom. The lowest BCUT2D eigenvalue weighted by Gasteiger charge is -2.09. The predicted octanol–water partition coefficient (Wildman–Crippen LogP) is 2.48. The first-order valence-corrected chi connectivity index (χ1v) is 7.78. The number of aliphatic imine (C=N–C) groups is 1. The minimum atomic E-state index is -0.551. The summed E-state index contributed by atoms with van der Waals surface area (Å²) in [4.78, 5) is 30.3. The van der Waals surface area contributed by atoms with Crippen molar-refractivity contribution in [2.24, 2.45) is 29.3 Å². The molecule has 1 heterocycles. The number of benzene rings is 1. The second-order valence-corrected chi connectivity index (χ2v) is 6.18. The molecule has 8 nitrogen and oxygen atoms in total. The lowest BCUT2D eigenvalue weighted by atomic mass is 10.3. The molecule has 2 aromatic rings. The summed E-state index contributed by atoms with van der Waals surface area (Å²) in [6.07, 6.45) is 1.49. The summed E-state index contributed by atoms with van der Waals surface area (Å²) in [6, 6.07) is 7.14. The number of hydrogen-bond acceptors (Lipinski definition) is 5. The summed E-state index contributed by atoms with van der Waals surface area (Å²) in [5.74, 6) is 0.151. The Morgan fingerprint density at radius 1 is 1.04 bits per heavy atom. The van der Waals surface area contributed by atoms with Gasteiger partial charge in [0.1, 0.15) is 0 Å². The molecule has 0 aliphatic heterocycles. The summed E-state index contributed by atoms with van der Waals surface area (Å²) >= 11 is 3.34. The SMILES string of the molecule is CN(C)/C=N/c1c(N=Nc2ccc(Br)cc2)c(=O)n(C)c(=O)n1C. The maximum Gasteiger partial charge on any atom is 0.332 e. The Hall–Kier alpha value is -2.55. The highest BCUT2D eigenvalue weighted by Gasteiger charge is 2.14. The summed E-state index contributed by atoms with van der Waals surface area (Å²) in [5.41, 5.74) is -0.448. The molecule has 0 saturated heterocycles. The molecule has 1 aromatic carbocycles. The first kappa shape index (κ1) is 17.8. The Kier molecular flexibility index (Phi) is 5.45. The standard InChI is InChI=1S/C15H17BrN6O2/c1-20(2)9-17-13-12(14(23)22(4)15(24)21(13)3)19-18-11-7-5-10(16)6-8-11/h5-9H,1-4H3/b17-9+,19-18?. The smallest absolute Gasteiger partial charge is 0.332 e. The van der Waals surface area contributed by atoms with Crippen LogP contribution in [0.25, 0.3) is 0 Å². The molecule has 0 aliphatic rings. The Labute approximate surface area is 146 Å². The van der Waals surface area contributed by atoms with Gasteiger partial charge in [-0.1, -0.05) is 15.9 Å². The van der Waals surface area contributed by atoms with E-state index in [9.17, 15) is 9.59 Å². The normalized spacial score (nSPS) is 11.5. The van der Waals surface area contributed by atoms with E-state index < -0.39 is 11.2 Å². The summed E-state index contributed by atoms with van der Waals surface area (Å²) in [7, 11) is 6.49. The van der Waals surface area contributed by atoms with E-state index in [1.165, 1.54) is 25.0 Å². The van der Waals surface area contributed by atoms with Gasteiger partial charge in [0.2, 0.25) is 0 Å². The number of aromatic nitrogens is 2. The predicted molar refractivity (Wildman–Crippen MR) is 97.1 cm³/mol. The number of hydrogen-bond donors (Lipinski definition) is 0. The van der Waals surface area contributed by atoms with Gasteiger partial charge in [-0.25, -0.2) is 9.79 Å². The second kappa shape index (κ2) is 7.35. The second-order valence-electron chi connectivity index (χ2n) is 5.26. The van der Waals surface area contributed by atoms with Crippen LogP contribution in [0.2, 0.25) is 0 Å². The highest BCUT2D eigenvalue weighted by molar-refractivity contribution is 9.10. The van der Waals surface area contributed by atoms with Crippen LogP contribution in [0, 0.1) is 0 Å². The van der Waals surface area contributed by atoms with Gasteiger partial charge in [0.05, 0.1) is 12.0 Å².